The Morgan fingerprint density at radius 2 is 2.10 bits per heavy atom. The Kier molecular flexibility index (Phi) is 5.15. The van der Waals surface area contributed by atoms with Crippen molar-refractivity contribution in [2.24, 2.45) is 7.05 Å². The van der Waals surface area contributed by atoms with Crippen molar-refractivity contribution in [1.82, 2.24) is 25.0 Å². The van der Waals surface area contributed by atoms with Gasteiger partial charge in [0.25, 0.3) is 5.56 Å². The fraction of sp³-hybridized carbons (Fsp3) is 0.421. The molecule has 3 aliphatic heterocycles. The molecule has 1 fully saturated rings. The Labute approximate surface area is 175 Å². The van der Waals surface area contributed by atoms with Gasteiger partial charge in [0.2, 0.25) is 5.91 Å². The summed E-state index contributed by atoms with van der Waals surface area (Å²) in [7, 11) is 1.56. The number of pyridine rings is 1. The number of aryl methyl sites for hydroxylation is 1. The number of hydrogen-bond donors (Lipinski definition) is 3. The minimum atomic E-state index is -4.53. The maximum absolute atomic E-state index is 13.1. The van der Waals surface area contributed by atoms with E-state index in [0.29, 0.717) is 31.0 Å². The highest BCUT2D eigenvalue weighted by Crippen LogP contribution is 2.33. The van der Waals surface area contributed by atoms with Crippen LogP contribution >= 0.6 is 0 Å². The van der Waals surface area contributed by atoms with Crippen LogP contribution in [0.15, 0.2) is 46.8 Å². The molecule has 31 heavy (non-hydrogen) atoms. The maximum Gasteiger partial charge on any atom is 0.405 e. The molecule has 0 radical (unpaired) electrons. The Bertz CT molecular complexity index is 1030. The minimum absolute atomic E-state index is 0.100. The molecule has 0 saturated carbocycles. The van der Waals surface area contributed by atoms with Crippen molar-refractivity contribution >= 4 is 17.6 Å². The summed E-state index contributed by atoms with van der Waals surface area (Å²) >= 11 is 0. The lowest BCUT2D eigenvalue weighted by molar-refractivity contribution is -0.138. The summed E-state index contributed by atoms with van der Waals surface area (Å²) in [5.41, 5.74) is 0.393. The first kappa shape index (κ1) is 20.8. The predicted octanol–water partition coefficient (Wildman–Crippen LogP) is 0.683. The van der Waals surface area contributed by atoms with E-state index in [0.717, 1.165) is 0 Å². The smallest absolute Gasteiger partial charge is 0.366 e. The van der Waals surface area contributed by atoms with Crippen LogP contribution in [-0.2, 0) is 11.8 Å². The summed E-state index contributed by atoms with van der Waals surface area (Å²) in [5.74, 6) is -0.529. The monoisotopic (exact) mass is 438 g/mol. The molecule has 1 aromatic heterocycles. The van der Waals surface area contributed by atoms with Crippen LogP contribution in [0.5, 0.6) is 0 Å². The molecule has 9 nitrogen and oxygen atoms in total. The van der Waals surface area contributed by atoms with E-state index in [-0.39, 0.29) is 17.3 Å². The number of hydrogen-bond acceptors (Lipinski definition) is 5. The largest absolute Gasteiger partial charge is 0.405 e. The summed E-state index contributed by atoms with van der Waals surface area (Å²) < 4.78 is 38.7. The number of nitrogens with one attached hydrogen (secondary N) is 3. The predicted molar refractivity (Wildman–Crippen MR) is 105 cm³/mol. The topological polar surface area (TPSA) is 98.7 Å². The van der Waals surface area contributed by atoms with Gasteiger partial charge in [-0.1, -0.05) is 6.08 Å². The van der Waals surface area contributed by atoms with Gasteiger partial charge in [-0.25, -0.2) is 4.79 Å². The number of aromatic nitrogens is 1. The van der Waals surface area contributed by atoms with Crippen LogP contribution in [0.4, 0.5) is 23.7 Å². The van der Waals surface area contributed by atoms with Crippen molar-refractivity contribution in [2.45, 2.75) is 24.7 Å². The first-order valence-corrected chi connectivity index (χ1v) is 9.68. The Morgan fingerprint density at radius 3 is 2.84 bits per heavy atom. The molecule has 4 rings (SSSR count). The molecule has 12 heteroatoms. The zero-order chi connectivity index (χ0) is 22.3. The SMILES string of the molecule is Cn1cccc(NC(=O)N2C3=C(C=CC(C(=O)NCC(F)(F)F)N3)N3CC[C@H]2C3)c1=O. The molecule has 3 aliphatic rings. The number of dihydropyridines is 1. The van der Waals surface area contributed by atoms with Gasteiger partial charge in [0, 0.05) is 26.3 Å². The van der Waals surface area contributed by atoms with E-state index in [1.165, 1.54) is 21.6 Å². The number of amides is 3. The number of nitrogens with zero attached hydrogens (tertiary/aromatic N) is 3. The molecule has 2 atom stereocenters. The summed E-state index contributed by atoms with van der Waals surface area (Å²) in [6.45, 7) is -0.173. The van der Waals surface area contributed by atoms with Crippen LogP contribution in [0.2, 0.25) is 0 Å². The highest BCUT2D eigenvalue weighted by Gasteiger charge is 2.43. The number of urea groups is 1. The standard InChI is InChI=1S/C19H21F3N6O3/c1-26-7-2-3-13(17(26)30)25-18(31)28-11-6-8-27(9-11)14-5-4-12(24-15(14)28)16(29)23-10-19(20,21)22/h2-5,7,11-12,24H,6,8-10H2,1H3,(H,23,29)(H,25,31)/t11-,12?/m0/s1. The van der Waals surface area contributed by atoms with Crippen molar-refractivity contribution < 1.29 is 22.8 Å². The molecular formula is C19H21F3N6O3. The average Bonchev–Trinajstić information content (AvgIpc) is 3.13. The Hall–Kier alpha value is -3.44. The van der Waals surface area contributed by atoms with E-state index in [1.54, 1.807) is 25.4 Å². The number of halogens is 3. The molecule has 1 aromatic rings. The molecule has 4 heterocycles. The fourth-order valence-electron chi connectivity index (χ4n) is 3.92. The Balaban J connectivity index is 1.56. The third kappa shape index (κ3) is 4.09. The van der Waals surface area contributed by atoms with E-state index in [1.807, 2.05) is 10.2 Å². The summed E-state index contributed by atoms with van der Waals surface area (Å²) in [6, 6.07) is 1.28. The molecule has 166 valence electrons. The summed E-state index contributed by atoms with van der Waals surface area (Å²) in [4.78, 5) is 41.1. The molecule has 0 aromatic carbocycles. The van der Waals surface area contributed by atoms with Crippen LogP contribution < -0.4 is 21.5 Å². The van der Waals surface area contributed by atoms with Gasteiger partial charge in [-0.2, -0.15) is 13.2 Å². The third-order valence-corrected chi connectivity index (χ3v) is 5.42. The molecule has 3 amide bonds. The Morgan fingerprint density at radius 1 is 1.32 bits per heavy atom. The van der Waals surface area contributed by atoms with Crippen molar-refractivity contribution in [3.63, 3.8) is 0 Å². The molecule has 3 N–H and O–H groups in total. The molecule has 2 bridgehead atoms. The molecule has 1 unspecified atom stereocenters. The van der Waals surface area contributed by atoms with Gasteiger partial charge < -0.3 is 25.4 Å². The van der Waals surface area contributed by atoms with E-state index >= 15 is 0 Å². The normalized spacial score (nSPS) is 22.2. The van der Waals surface area contributed by atoms with E-state index in [2.05, 4.69) is 10.6 Å². The van der Waals surface area contributed by atoms with Gasteiger partial charge in [-0.05, 0) is 24.6 Å². The van der Waals surface area contributed by atoms with Crippen LogP contribution in [0, 0.1) is 0 Å². The van der Waals surface area contributed by atoms with Crippen molar-refractivity contribution in [3.05, 3.63) is 52.4 Å². The van der Waals surface area contributed by atoms with Crippen LogP contribution in [0.25, 0.3) is 0 Å². The van der Waals surface area contributed by atoms with Gasteiger partial charge in [-0.15, -0.1) is 0 Å². The second-order valence-corrected chi connectivity index (χ2v) is 7.57. The van der Waals surface area contributed by atoms with Gasteiger partial charge in [0.1, 0.15) is 24.1 Å². The van der Waals surface area contributed by atoms with Gasteiger partial charge >= 0.3 is 12.2 Å². The number of alkyl halides is 3. The quantitative estimate of drug-likeness (QED) is 0.645. The second-order valence-electron chi connectivity index (χ2n) is 7.57. The number of carbonyl (C=O) groups excluding carboxylic acids is 2. The van der Waals surface area contributed by atoms with Gasteiger partial charge in [0.05, 0.1) is 11.7 Å². The van der Waals surface area contributed by atoms with Gasteiger partial charge in [-0.3, -0.25) is 14.5 Å². The number of carbonyl (C=O) groups is 2. The van der Waals surface area contributed by atoms with Crippen LogP contribution in [0.1, 0.15) is 6.42 Å². The lowest BCUT2D eigenvalue weighted by Crippen LogP contribution is -2.56. The zero-order valence-corrected chi connectivity index (χ0v) is 16.6. The third-order valence-electron chi connectivity index (χ3n) is 5.42. The van der Waals surface area contributed by atoms with E-state index in [4.69, 9.17) is 0 Å². The van der Waals surface area contributed by atoms with Crippen LogP contribution in [-0.4, -0.2) is 64.2 Å². The lowest BCUT2D eigenvalue weighted by atomic mass is 10.1. The van der Waals surface area contributed by atoms with Crippen molar-refractivity contribution in [2.75, 3.05) is 25.0 Å². The molecular weight excluding hydrogens is 417 g/mol. The number of fused-ring (bicyclic) bond motifs is 3. The van der Waals surface area contributed by atoms with E-state index < -0.39 is 30.7 Å². The average molecular weight is 438 g/mol. The van der Waals surface area contributed by atoms with E-state index in [9.17, 15) is 27.6 Å². The zero-order valence-electron chi connectivity index (χ0n) is 16.6. The minimum Gasteiger partial charge on any atom is -0.366 e. The maximum atomic E-state index is 13.1. The number of allylic oxidation sites excluding steroid dienone is 1. The van der Waals surface area contributed by atoms with Crippen molar-refractivity contribution in [1.29, 1.82) is 0 Å². The second kappa shape index (κ2) is 7.67. The molecule has 0 spiro atoms. The van der Waals surface area contributed by atoms with Gasteiger partial charge in [0.15, 0.2) is 0 Å². The molecule has 1 saturated heterocycles. The first-order chi connectivity index (χ1) is 14.6. The summed E-state index contributed by atoms with van der Waals surface area (Å²) in [6.07, 6.45) is 0.806. The van der Waals surface area contributed by atoms with Crippen molar-refractivity contribution in [3.8, 4) is 0 Å². The number of rotatable bonds is 3. The fourth-order valence-corrected chi connectivity index (χ4v) is 3.92. The lowest BCUT2D eigenvalue weighted by Gasteiger charge is -2.40. The highest BCUT2D eigenvalue weighted by molar-refractivity contribution is 5.91. The number of anilines is 1. The highest BCUT2D eigenvalue weighted by atomic mass is 19.4. The van der Waals surface area contributed by atoms with Crippen LogP contribution in [0.3, 0.4) is 0 Å². The first-order valence-electron chi connectivity index (χ1n) is 9.68. The molecule has 0 aliphatic carbocycles. The summed E-state index contributed by atoms with van der Waals surface area (Å²) in [5, 5.41) is 7.35.